The van der Waals surface area contributed by atoms with Crippen molar-refractivity contribution in [3.05, 3.63) is 23.8 Å². The zero-order chi connectivity index (χ0) is 13.5. The summed E-state index contributed by atoms with van der Waals surface area (Å²) < 4.78 is 15.1. The Labute approximate surface area is 106 Å². The lowest BCUT2D eigenvalue weighted by molar-refractivity contribution is -0.137. The van der Waals surface area contributed by atoms with Crippen molar-refractivity contribution < 1.29 is 19.0 Å². The Bertz CT molecular complexity index is 455. The molecule has 0 aliphatic heterocycles. The highest BCUT2D eigenvalue weighted by Gasteiger charge is 2.07. The van der Waals surface area contributed by atoms with Crippen molar-refractivity contribution in [3.8, 4) is 11.5 Å². The van der Waals surface area contributed by atoms with E-state index in [0.717, 1.165) is 0 Å². The lowest BCUT2D eigenvalue weighted by Crippen LogP contribution is -1.99. The smallest absolute Gasteiger partial charge is 0.330 e. The van der Waals surface area contributed by atoms with Gasteiger partial charge in [0.2, 0.25) is 0 Å². The summed E-state index contributed by atoms with van der Waals surface area (Å²) in [5.74, 6) is 0.685. The number of esters is 1. The van der Waals surface area contributed by atoms with E-state index in [1.54, 1.807) is 25.1 Å². The van der Waals surface area contributed by atoms with Crippen LogP contribution in [-0.2, 0) is 9.53 Å². The van der Waals surface area contributed by atoms with E-state index in [1.165, 1.54) is 20.3 Å². The van der Waals surface area contributed by atoms with Crippen molar-refractivity contribution in [1.82, 2.24) is 0 Å². The van der Waals surface area contributed by atoms with Crippen molar-refractivity contribution in [2.24, 2.45) is 0 Å². The Morgan fingerprint density at radius 1 is 1.28 bits per heavy atom. The van der Waals surface area contributed by atoms with Gasteiger partial charge in [0.15, 0.2) is 11.5 Å². The maximum atomic E-state index is 11.2. The first kappa shape index (κ1) is 13.9. The van der Waals surface area contributed by atoms with Gasteiger partial charge in [-0.15, -0.1) is 0 Å². The molecule has 0 amide bonds. The first-order chi connectivity index (χ1) is 8.62. The second-order valence-electron chi connectivity index (χ2n) is 3.42. The summed E-state index contributed by atoms with van der Waals surface area (Å²) in [4.78, 5) is 11.2. The van der Waals surface area contributed by atoms with E-state index in [2.05, 4.69) is 0 Å². The molecule has 0 bridgehead atoms. The summed E-state index contributed by atoms with van der Waals surface area (Å²) in [6, 6.07) is 3.34. The molecule has 18 heavy (non-hydrogen) atoms. The maximum Gasteiger partial charge on any atom is 0.330 e. The number of methoxy groups -OCH3 is 2. The second-order valence-corrected chi connectivity index (χ2v) is 3.42. The lowest BCUT2D eigenvalue weighted by Gasteiger charge is -2.10. The normalized spacial score (nSPS) is 10.4. The maximum absolute atomic E-state index is 11.2. The summed E-state index contributed by atoms with van der Waals surface area (Å²) >= 11 is 0. The molecule has 2 N–H and O–H groups in total. The molecule has 0 saturated carbocycles. The molecule has 0 aliphatic carbocycles. The minimum atomic E-state index is -0.410. The van der Waals surface area contributed by atoms with Crippen molar-refractivity contribution in [1.29, 1.82) is 0 Å². The van der Waals surface area contributed by atoms with Gasteiger partial charge in [-0.05, 0) is 19.1 Å². The Morgan fingerprint density at radius 2 is 1.89 bits per heavy atom. The number of carbonyl (C=O) groups is 1. The summed E-state index contributed by atoms with van der Waals surface area (Å²) in [5.41, 5.74) is 7.00. The molecule has 0 radical (unpaired) electrons. The number of carbonyl (C=O) groups excluding carboxylic acids is 1. The highest BCUT2D eigenvalue weighted by Crippen LogP contribution is 2.32. The standard InChI is InChI=1S/C13H17NO4/c1-4-18-13(15)6-5-9-7-11(16-2)12(17-3)8-10(9)14/h5-8H,4,14H2,1-3H3/b6-5+. The van der Waals surface area contributed by atoms with Crippen LogP contribution in [0.3, 0.4) is 0 Å². The monoisotopic (exact) mass is 251 g/mol. The predicted molar refractivity (Wildman–Crippen MR) is 69.6 cm³/mol. The molecule has 1 aromatic carbocycles. The fourth-order valence-electron chi connectivity index (χ4n) is 1.40. The van der Waals surface area contributed by atoms with Crippen LogP contribution in [0.15, 0.2) is 18.2 Å². The van der Waals surface area contributed by atoms with Crippen LogP contribution in [0.25, 0.3) is 6.08 Å². The minimum absolute atomic E-state index is 0.338. The van der Waals surface area contributed by atoms with Gasteiger partial charge < -0.3 is 19.9 Å². The van der Waals surface area contributed by atoms with Gasteiger partial charge >= 0.3 is 5.97 Å². The summed E-state index contributed by atoms with van der Waals surface area (Å²) in [6.07, 6.45) is 2.90. The number of hydrogen-bond donors (Lipinski definition) is 1. The second kappa shape index (κ2) is 6.54. The molecule has 0 unspecified atom stereocenters. The summed E-state index contributed by atoms with van der Waals surface area (Å²) in [5, 5.41) is 0. The Hall–Kier alpha value is -2.17. The minimum Gasteiger partial charge on any atom is -0.493 e. The van der Waals surface area contributed by atoms with E-state index in [1.807, 2.05) is 0 Å². The first-order valence-electron chi connectivity index (χ1n) is 5.48. The van der Waals surface area contributed by atoms with Gasteiger partial charge in [-0.3, -0.25) is 0 Å². The molecule has 0 heterocycles. The van der Waals surface area contributed by atoms with Crippen LogP contribution in [-0.4, -0.2) is 26.8 Å². The summed E-state index contributed by atoms with van der Waals surface area (Å²) in [6.45, 7) is 2.08. The molecule has 0 aromatic heterocycles. The SMILES string of the molecule is CCOC(=O)/C=C/c1cc(OC)c(OC)cc1N. The molecule has 0 fully saturated rings. The number of anilines is 1. The number of hydrogen-bond acceptors (Lipinski definition) is 5. The largest absolute Gasteiger partial charge is 0.493 e. The van der Waals surface area contributed by atoms with E-state index < -0.39 is 5.97 Å². The molecular formula is C13H17NO4. The Balaban J connectivity index is 2.99. The van der Waals surface area contributed by atoms with Gasteiger partial charge in [0, 0.05) is 23.4 Å². The van der Waals surface area contributed by atoms with Crippen molar-refractivity contribution in [2.45, 2.75) is 6.92 Å². The van der Waals surface area contributed by atoms with Gasteiger partial charge in [-0.25, -0.2) is 4.79 Å². The van der Waals surface area contributed by atoms with Gasteiger partial charge in [-0.1, -0.05) is 0 Å². The lowest BCUT2D eigenvalue weighted by atomic mass is 10.1. The summed E-state index contributed by atoms with van der Waals surface area (Å²) in [7, 11) is 3.07. The number of nitrogens with two attached hydrogens (primary N) is 1. The van der Waals surface area contributed by atoms with Crippen molar-refractivity contribution >= 4 is 17.7 Å². The fraction of sp³-hybridized carbons (Fsp3) is 0.308. The topological polar surface area (TPSA) is 70.8 Å². The average Bonchev–Trinajstić information content (AvgIpc) is 2.37. The highest BCUT2D eigenvalue weighted by molar-refractivity contribution is 5.88. The van der Waals surface area contributed by atoms with Crippen LogP contribution in [0, 0.1) is 0 Å². The van der Waals surface area contributed by atoms with Gasteiger partial charge in [0.1, 0.15) is 0 Å². The van der Waals surface area contributed by atoms with Gasteiger partial charge in [0.05, 0.1) is 20.8 Å². The fourth-order valence-corrected chi connectivity index (χ4v) is 1.40. The van der Waals surface area contributed by atoms with E-state index in [-0.39, 0.29) is 0 Å². The van der Waals surface area contributed by atoms with Crippen LogP contribution in [0.1, 0.15) is 12.5 Å². The van der Waals surface area contributed by atoms with Crippen molar-refractivity contribution in [2.75, 3.05) is 26.6 Å². The van der Waals surface area contributed by atoms with E-state index in [0.29, 0.717) is 29.4 Å². The van der Waals surface area contributed by atoms with Gasteiger partial charge in [-0.2, -0.15) is 0 Å². The third-order valence-electron chi connectivity index (χ3n) is 2.27. The van der Waals surface area contributed by atoms with E-state index in [9.17, 15) is 4.79 Å². The molecule has 5 nitrogen and oxygen atoms in total. The molecule has 0 aliphatic rings. The zero-order valence-electron chi connectivity index (χ0n) is 10.7. The molecular weight excluding hydrogens is 234 g/mol. The number of nitrogen functional groups attached to an aromatic ring is 1. The highest BCUT2D eigenvalue weighted by atomic mass is 16.5. The first-order valence-corrected chi connectivity index (χ1v) is 5.48. The Kier molecular flexibility index (Phi) is 5.05. The number of benzene rings is 1. The van der Waals surface area contributed by atoms with E-state index in [4.69, 9.17) is 19.9 Å². The number of ether oxygens (including phenoxy) is 3. The third kappa shape index (κ3) is 3.41. The zero-order valence-corrected chi connectivity index (χ0v) is 10.7. The quantitative estimate of drug-likeness (QED) is 0.491. The molecule has 1 aromatic rings. The molecule has 98 valence electrons. The van der Waals surface area contributed by atoms with E-state index >= 15 is 0 Å². The van der Waals surface area contributed by atoms with Crippen LogP contribution in [0.5, 0.6) is 11.5 Å². The van der Waals surface area contributed by atoms with Crippen LogP contribution in [0.2, 0.25) is 0 Å². The van der Waals surface area contributed by atoms with Crippen LogP contribution < -0.4 is 15.2 Å². The molecule has 0 atom stereocenters. The number of rotatable bonds is 5. The molecule has 1 rings (SSSR count). The molecule has 0 saturated heterocycles. The molecule has 0 spiro atoms. The average molecular weight is 251 g/mol. The van der Waals surface area contributed by atoms with Crippen LogP contribution in [0.4, 0.5) is 5.69 Å². The van der Waals surface area contributed by atoms with Gasteiger partial charge in [0.25, 0.3) is 0 Å². The third-order valence-corrected chi connectivity index (χ3v) is 2.27. The molecule has 5 heteroatoms. The van der Waals surface area contributed by atoms with Crippen LogP contribution >= 0.6 is 0 Å². The predicted octanol–water partition coefficient (Wildman–Crippen LogP) is 1.86. The Morgan fingerprint density at radius 3 is 2.44 bits per heavy atom. The van der Waals surface area contributed by atoms with Crippen molar-refractivity contribution in [3.63, 3.8) is 0 Å².